The van der Waals surface area contributed by atoms with Crippen LogP contribution >= 0.6 is 0 Å². The standard InChI is InChI=1S/C16H21NO3/c1-2-3-4-8-11-20-16(19)14(12-15(17)18)13-9-6-5-7-10-13/h5-7,9-10,12H,2-4,8,11H2,1H3,(H2,17,18)/b14-12-. The van der Waals surface area contributed by atoms with Gasteiger partial charge in [-0.3, -0.25) is 4.79 Å². The number of benzene rings is 1. The molecule has 2 N–H and O–H groups in total. The SMILES string of the molecule is CCCCCCOC(=O)/C(=C\C(N)=O)c1ccccc1. The maximum atomic E-state index is 12.0. The van der Waals surface area contributed by atoms with Crippen molar-refractivity contribution < 1.29 is 14.3 Å². The highest BCUT2D eigenvalue weighted by atomic mass is 16.5. The molecule has 0 heterocycles. The van der Waals surface area contributed by atoms with Crippen LogP contribution in [0.1, 0.15) is 38.2 Å². The third-order valence-corrected chi connectivity index (χ3v) is 2.82. The summed E-state index contributed by atoms with van der Waals surface area (Å²) in [5, 5.41) is 0. The second-order valence-electron chi connectivity index (χ2n) is 4.52. The number of primary amides is 1. The van der Waals surface area contributed by atoms with E-state index in [0.29, 0.717) is 12.2 Å². The molecule has 1 aromatic rings. The van der Waals surface area contributed by atoms with Gasteiger partial charge < -0.3 is 10.5 Å². The van der Waals surface area contributed by atoms with Gasteiger partial charge in [0.15, 0.2) is 0 Å². The van der Waals surface area contributed by atoms with E-state index in [-0.39, 0.29) is 5.57 Å². The van der Waals surface area contributed by atoms with E-state index in [2.05, 4.69) is 6.92 Å². The van der Waals surface area contributed by atoms with Gasteiger partial charge in [0, 0.05) is 6.08 Å². The first-order chi connectivity index (χ1) is 9.65. The first-order valence-corrected chi connectivity index (χ1v) is 6.88. The quantitative estimate of drug-likeness (QED) is 0.450. The van der Waals surface area contributed by atoms with Gasteiger partial charge >= 0.3 is 5.97 Å². The highest BCUT2D eigenvalue weighted by Crippen LogP contribution is 2.16. The Morgan fingerprint density at radius 1 is 1.15 bits per heavy atom. The topological polar surface area (TPSA) is 69.4 Å². The number of nitrogens with two attached hydrogens (primary N) is 1. The molecular formula is C16H21NO3. The Hall–Kier alpha value is -2.10. The molecule has 108 valence electrons. The molecule has 1 rings (SSSR count). The van der Waals surface area contributed by atoms with E-state index in [1.54, 1.807) is 24.3 Å². The van der Waals surface area contributed by atoms with Gasteiger partial charge in [0.25, 0.3) is 0 Å². The Morgan fingerprint density at radius 3 is 2.45 bits per heavy atom. The number of amides is 1. The molecule has 4 nitrogen and oxygen atoms in total. The molecule has 0 unspecified atom stereocenters. The predicted molar refractivity (Wildman–Crippen MR) is 78.7 cm³/mol. The normalized spacial score (nSPS) is 11.2. The predicted octanol–water partition coefficient (Wildman–Crippen LogP) is 2.68. The molecule has 0 bridgehead atoms. The summed E-state index contributed by atoms with van der Waals surface area (Å²) in [6.07, 6.45) is 5.23. The Bertz CT molecular complexity index is 466. The zero-order valence-corrected chi connectivity index (χ0v) is 11.8. The second kappa shape index (κ2) is 8.91. The number of carbonyl (C=O) groups excluding carboxylic acids is 2. The average molecular weight is 275 g/mol. The van der Waals surface area contributed by atoms with Crippen molar-refractivity contribution in [2.45, 2.75) is 32.6 Å². The number of carbonyl (C=O) groups is 2. The Kier molecular flexibility index (Phi) is 7.11. The van der Waals surface area contributed by atoms with Crippen molar-refractivity contribution in [3.8, 4) is 0 Å². The van der Waals surface area contributed by atoms with Gasteiger partial charge in [-0.2, -0.15) is 0 Å². The van der Waals surface area contributed by atoms with E-state index in [1.807, 2.05) is 6.07 Å². The minimum atomic E-state index is -0.660. The zero-order valence-electron chi connectivity index (χ0n) is 11.8. The van der Waals surface area contributed by atoms with Crippen LogP contribution in [-0.4, -0.2) is 18.5 Å². The molecule has 0 aromatic heterocycles. The van der Waals surface area contributed by atoms with Crippen LogP contribution in [0.25, 0.3) is 5.57 Å². The first kappa shape index (κ1) is 16.0. The lowest BCUT2D eigenvalue weighted by atomic mass is 10.1. The molecule has 0 spiro atoms. The van der Waals surface area contributed by atoms with Crippen LogP contribution in [-0.2, 0) is 14.3 Å². The van der Waals surface area contributed by atoms with Gasteiger partial charge in [0.2, 0.25) is 5.91 Å². The molecule has 0 atom stereocenters. The summed E-state index contributed by atoms with van der Waals surface area (Å²) in [5.74, 6) is -1.17. The molecule has 0 saturated heterocycles. The van der Waals surface area contributed by atoms with Gasteiger partial charge in [-0.15, -0.1) is 0 Å². The molecule has 0 aliphatic rings. The molecule has 0 fully saturated rings. The van der Waals surface area contributed by atoms with E-state index >= 15 is 0 Å². The lowest BCUT2D eigenvalue weighted by Gasteiger charge is -2.08. The lowest BCUT2D eigenvalue weighted by molar-refractivity contribution is -0.136. The van der Waals surface area contributed by atoms with Crippen LogP contribution in [0.2, 0.25) is 0 Å². The molecule has 0 saturated carbocycles. The van der Waals surface area contributed by atoms with Crippen LogP contribution in [0.15, 0.2) is 36.4 Å². The van der Waals surface area contributed by atoms with Crippen molar-refractivity contribution in [2.24, 2.45) is 5.73 Å². The summed E-state index contributed by atoms with van der Waals surface area (Å²) >= 11 is 0. The highest BCUT2D eigenvalue weighted by Gasteiger charge is 2.14. The molecule has 1 amide bonds. The summed E-state index contributed by atoms with van der Waals surface area (Å²) in [4.78, 5) is 23.1. The molecule has 4 heteroatoms. The van der Waals surface area contributed by atoms with E-state index < -0.39 is 11.9 Å². The van der Waals surface area contributed by atoms with E-state index in [1.165, 1.54) is 0 Å². The van der Waals surface area contributed by atoms with Crippen LogP contribution in [0.3, 0.4) is 0 Å². The van der Waals surface area contributed by atoms with E-state index in [9.17, 15) is 9.59 Å². The minimum absolute atomic E-state index is 0.202. The summed E-state index contributed by atoms with van der Waals surface area (Å²) in [6, 6.07) is 8.90. The molecule has 0 aliphatic carbocycles. The number of hydrogen-bond donors (Lipinski definition) is 1. The van der Waals surface area contributed by atoms with Crippen molar-refractivity contribution >= 4 is 17.4 Å². The lowest BCUT2D eigenvalue weighted by Crippen LogP contribution is -2.13. The van der Waals surface area contributed by atoms with Crippen molar-refractivity contribution in [3.05, 3.63) is 42.0 Å². The van der Waals surface area contributed by atoms with E-state index in [0.717, 1.165) is 31.8 Å². The third-order valence-electron chi connectivity index (χ3n) is 2.82. The van der Waals surface area contributed by atoms with E-state index in [4.69, 9.17) is 10.5 Å². The molecule has 0 radical (unpaired) electrons. The molecule has 0 aliphatic heterocycles. The number of esters is 1. The summed E-state index contributed by atoms with van der Waals surface area (Å²) in [6.45, 7) is 2.48. The van der Waals surface area contributed by atoms with Gasteiger partial charge in [-0.05, 0) is 12.0 Å². The van der Waals surface area contributed by atoms with Gasteiger partial charge in [0.1, 0.15) is 0 Å². The van der Waals surface area contributed by atoms with Gasteiger partial charge in [0.05, 0.1) is 12.2 Å². The third kappa shape index (κ3) is 5.69. The molecule has 1 aromatic carbocycles. The van der Waals surface area contributed by atoms with Crippen LogP contribution in [0.4, 0.5) is 0 Å². The zero-order chi connectivity index (χ0) is 14.8. The van der Waals surface area contributed by atoms with Crippen molar-refractivity contribution in [1.29, 1.82) is 0 Å². The Balaban J connectivity index is 2.66. The van der Waals surface area contributed by atoms with Gasteiger partial charge in [-0.1, -0.05) is 56.5 Å². The van der Waals surface area contributed by atoms with Crippen molar-refractivity contribution in [2.75, 3.05) is 6.61 Å². The maximum Gasteiger partial charge on any atom is 0.338 e. The minimum Gasteiger partial charge on any atom is -0.462 e. The van der Waals surface area contributed by atoms with Crippen molar-refractivity contribution in [3.63, 3.8) is 0 Å². The number of ether oxygens (including phenoxy) is 1. The Labute approximate surface area is 119 Å². The van der Waals surface area contributed by atoms with Gasteiger partial charge in [-0.25, -0.2) is 4.79 Å². The first-order valence-electron chi connectivity index (χ1n) is 6.88. The number of rotatable bonds is 8. The molecule has 20 heavy (non-hydrogen) atoms. The fraction of sp³-hybridized carbons (Fsp3) is 0.375. The monoisotopic (exact) mass is 275 g/mol. The average Bonchev–Trinajstić information content (AvgIpc) is 2.45. The van der Waals surface area contributed by atoms with Crippen LogP contribution in [0.5, 0.6) is 0 Å². The number of unbranched alkanes of at least 4 members (excludes halogenated alkanes) is 3. The van der Waals surface area contributed by atoms with Crippen LogP contribution < -0.4 is 5.73 Å². The largest absolute Gasteiger partial charge is 0.462 e. The summed E-state index contributed by atoms with van der Waals surface area (Å²) < 4.78 is 5.19. The fourth-order valence-corrected chi connectivity index (χ4v) is 1.79. The molecular weight excluding hydrogens is 254 g/mol. The Morgan fingerprint density at radius 2 is 1.85 bits per heavy atom. The summed E-state index contributed by atoms with van der Waals surface area (Å²) in [5.41, 5.74) is 5.97. The summed E-state index contributed by atoms with van der Waals surface area (Å²) in [7, 11) is 0. The maximum absolute atomic E-state index is 12.0. The smallest absolute Gasteiger partial charge is 0.338 e. The highest BCUT2D eigenvalue weighted by molar-refractivity contribution is 6.20. The van der Waals surface area contributed by atoms with Crippen LogP contribution in [0, 0.1) is 0 Å². The fourth-order valence-electron chi connectivity index (χ4n) is 1.79. The van der Waals surface area contributed by atoms with Crippen molar-refractivity contribution in [1.82, 2.24) is 0 Å². The second-order valence-corrected chi connectivity index (χ2v) is 4.52. The number of hydrogen-bond acceptors (Lipinski definition) is 3.